The minimum absolute atomic E-state index is 0.159. The summed E-state index contributed by atoms with van der Waals surface area (Å²) in [7, 11) is 0. The van der Waals surface area contributed by atoms with Crippen LogP contribution in [0.2, 0.25) is 0 Å². The molecule has 31 heavy (non-hydrogen) atoms. The molecular weight excluding hydrogens is 396 g/mol. The molecule has 0 fully saturated rings. The number of aryl methyl sites for hydroxylation is 1. The third kappa shape index (κ3) is 5.02. The minimum atomic E-state index is -1.03. The molecule has 0 aliphatic rings. The molecule has 0 saturated heterocycles. The van der Waals surface area contributed by atoms with Crippen LogP contribution in [0.4, 0.5) is 5.95 Å². The number of carboxylic acid groups (broad SMARTS) is 1. The lowest BCUT2D eigenvalue weighted by molar-refractivity contribution is -0.139. The quantitative estimate of drug-likeness (QED) is 0.470. The topological polar surface area (TPSA) is 129 Å². The highest BCUT2D eigenvalue weighted by atomic mass is 16.5. The number of nitrogens with zero attached hydrogens (tertiary/aromatic N) is 5. The van der Waals surface area contributed by atoms with Gasteiger partial charge in [-0.3, -0.25) is 0 Å². The van der Waals surface area contributed by atoms with Crippen molar-refractivity contribution in [3.8, 4) is 28.4 Å². The fourth-order valence-corrected chi connectivity index (χ4v) is 3.11. The van der Waals surface area contributed by atoms with Gasteiger partial charge in [-0.25, -0.2) is 19.4 Å². The molecule has 0 aliphatic heterocycles. The number of carboxylic acids is 1. The maximum absolute atomic E-state index is 10.7. The standard InChI is InChI=1S/C22H20N6O3/c1-14-4-2-6-16(8-14)18-10-19(25-22(23)24-18)20-12-28(27-26-20)11-15-5-3-7-17(9-15)31-13-21(29)30/h2-10,12H,11,13H2,1H3,(H,29,30)(H2,23,24,25). The molecule has 0 spiro atoms. The molecule has 0 saturated carbocycles. The van der Waals surface area contributed by atoms with E-state index in [1.54, 1.807) is 29.1 Å². The van der Waals surface area contributed by atoms with Gasteiger partial charge in [0, 0.05) is 5.56 Å². The second-order valence-corrected chi connectivity index (χ2v) is 7.00. The van der Waals surface area contributed by atoms with Crippen LogP contribution in [0.3, 0.4) is 0 Å². The first-order valence-corrected chi connectivity index (χ1v) is 9.52. The predicted octanol–water partition coefficient (Wildman–Crippen LogP) is 2.80. The van der Waals surface area contributed by atoms with Crippen molar-refractivity contribution in [1.82, 2.24) is 25.0 Å². The van der Waals surface area contributed by atoms with Crippen molar-refractivity contribution in [2.75, 3.05) is 12.3 Å². The van der Waals surface area contributed by atoms with Crippen molar-refractivity contribution in [3.05, 3.63) is 71.9 Å². The van der Waals surface area contributed by atoms with Crippen LogP contribution in [-0.2, 0) is 11.3 Å². The Kier molecular flexibility index (Phi) is 5.57. The molecule has 0 aliphatic carbocycles. The molecule has 0 unspecified atom stereocenters. The van der Waals surface area contributed by atoms with E-state index in [0.29, 0.717) is 29.4 Å². The average Bonchev–Trinajstić information content (AvgIpc) is 3.21. The van der Waals surface area contributed by atoms with E-state index in [-0.39, 0.29) is 5.95 Å². The number of rotatable bonds is 7. The van der Waals surface area contributed by atoms with Gasteiger partial charge in [-0.1, -0.05) is 41.1 Å². The number of nitrogen functional groups attached to an aromatic ring is 1. The summed E-state index contributed by atoms with van der Waals surface area (Å²) >= 11 is 0. The van der Waals surface area contributed by atoms with E-state index < -0.39 is 12.6 Å². The Labute approximate surface area is 178 Å². The largest absolute Gasteiger partial charge is 0.482 e. The average molecular weight is 416 g/mol. The zero-order valence-corrected chi connectivity index (χ0v) is 16.8. The summed E-state index contributed by atoms with van der Waals surface area (Å²) in [5, 5.41) is 17.1. The second-order valence-electron chi connectivity index (χ2n) is 7.00. The molecule has 156 valence electrons. The van der Waals surface area contributed by atoms with Crippen LogP contribution in [0.5, 0.6) is 5.75 Å². The highest BCUT2D eigenvalue weighted by molar-refractivity contribution is 5.68. The van der Waals surface area contributed by atoms with E-state index in [9.17, 15) is 4.79 Å². The van der Waals surface area contributed by atoms with Crippen LogP contribution in [0.25, 0.3) is 22.6 Å². The SMILES string of the molecule is Cc1cccc(-c2cc(-c3cn(Cc4cccc(OCC(=O)O)c4)nn3)nc(N)n2)c1. The van der Waals surface area contributed by atoms with E-state index >= 15 is 0 Å². The van der Waals surface area contributed by atoms with Crippen LogP contribution >= 0.6 is 0 Å². The van der Waals surface area contributed by atoms with Crippen molar-refractivity contribution in [2.24, 2.45) is 0 Å². The van der Waals surface area contributed by atoms with E-state index in [4.69, 9.17) is 15.6 Å². The molecule has 0 amide bonds. The molecule has 4 rings (SSSR count). The molecule has 9 heteroatoms. The van der Waals surface area contributed by atoms with Gasteiger partial charge in [-0.15, -0.1) is 5.10 Å². The number of anilines is 1. The predicted molar refractivity (Wildman–Crippen MR) is 114 cm³/mol. The van der Waals surface area contributed by atoms with Gasteiger partial charge in [0.1, 0.15) is 11.4 Å². The Hall–Kier alpha value is -4.27. The van der Waals surface area contributed by atoms with Crippen LogP contribution in [0.1, 0.15) is 11.1 Å². The van der Waals surface area contributed by atoms with Crippen LogP contribution in [0, 0.1) is 6.92 Å². The van der Waals surface area contributed by atoms with Crippen LogP contribution in [0.15, 0.2) is 60.8 Å². The van der Waals surface area contributed by atoms with E-state index in [2.05, 4.69) is 20.3 Å². The van der Waals surface area contributed by atoms with Crippen molar-refractivity contribution in [3.63, 3.8) is 0 Å². The summed E-state index contributed by atoms with van der Waals surface area (Å²) in [5.74, 6) is -0.390. The lowest BCUT2D eigenvalue weighted by Gasteiger charge is -2.06. The van der Waals surface area contributed by atoms with Crippen molar-refractivity contribution in [2.45, 2.75) is 13.5 Å². The Morgan fingerprint density at radius 3 is 2.68 bits per heavy atom. The molecule has 0 bridgehead atoms. The summed E-state index contributed by atoms with van der Waals surface area (Å²) in [4.78, 5) is 19.3. The molecule has 2 aromatic heterocycles. The number of benzene rings is 2. The van der Waals surface area contributed by atoms with E-state index in [0.717, 1.165) is 16.7 Å². The van der Waals surface area contributed by atoms with Gasteiger partial charge >= 0.3 is 5.97 Å². The Balaban J connectivity index is 1.55. The lowest BCUT2D eigenvalue weighted by Crippen LogP contribution is -2.09. The van der Waals surface area contributed by atoms with Gasteiger partial charge in [-0.05, 0) is 36.8 Å². The fourth-order valence-electron chi connectivity index (χ4n) is 3.11. The maximum Gasteiger partial charge on any atom is 0.341 e. The fraction of sp³-hybridized carbons (Fsp3) is 0.136. The molecule has 2 heterocycles. The highest BCUT2D eigenvalue weighted by Gasteiger charge is 2.11. The molecular formula is C22H20N6O3. The zero-order valence-electron chi connectivity index (χ0n) is 16.8. The van der Waals surface area contributed by atoms with Gasteiger partial charge < -0.3 is 15.6 Å². The number of aromatic nitrogens is 5. The minimum Gasteiger partial charge on any atom is -0.482 e. The Morgan fingerprint density at radius 2 is 1.87 bits per heavy atom. The smallest absolute Gasteiger partial charge is 0.341 e. The Bertz CT molecular complexity index is 1240. The van der Waals surface area contributed by atoms with Crippen LogP contribution in [-0.4, -0.2) is 42.6 Å². The second kappa shape index (κ2) is 8.62. The molecule has 0 atom stereocenters. The number of hydrogen-bond acceptors (Lipinski definition) is 7. The lowest BCUT2D eigenvalue weighted by atomic mass is 10.1. The first-order chi connectivity index (χ1) is 15.0. The first kappa shape index (κ1) is 20.0. The first-order valence-electron chi connectivity index (χ1n) is 9.52. The van der Waals surface area contributed by atoms with Crippen molar-refractivity contribution in [1.29, 1.82) is 0 Å². The highest BCUT2D eigenvalue weighted by Crippen LogP contribution is 2.24. The van der Waals surface area contributed by atoms with Crippen molar-refractivity contribution < 1.29 is 14.6 Å². The third-order valence-corrected chi connectivity index (χ3v) is 4.46. The number of ether oxygens (including phenoxy) is 1. The number of hydrogen-bond donors (Lipinski definition) is 2. The van der Waals surface area contributed by atoms with Crippen LogP contribution < -0.4 is 10.5 Å². The normalized spacial score (nSPS) is 10.7. The Morgan fingerprint density at radius 1 is 1.06 bits per heavy atom. The van der Waals surface area contributed by atoms with Crippen molar-refractivity contribution >= 4 is 11.9 Å². The summed E-state index contributed by atoms with van der Waals surface area (Å²) in [5.41, 5.74) is 10.8. The van der Waals surface area contributed by atoms with Gasteiger partial charge in [0.25, 0.3) is 0 Å². The third-order valence-electron chi connectivity index (χ3n) is 4.46. The zero-order chi connectivity index (χ0) is 21.8. The molecule has 9 nitrogen and oxygen atoms in total. The number of carbonyl (C=O) groups is 1. The number of aliphatic carboxylic acids is 1. The summed E-state index contributed by atoms with van der Waals surface area (Å²) in [6, 6.07) is 17.0. The van der Waals surface area contributed by atoms with E-state index in [1.807, 2.05) is 43.3 Å². The monoisotopic (exact) mass is 416 g/mol. The number of nitrogens with two attached hydrogens (primary N) is 1. The van der Waals surface area contributed by atoms with Gasteiger partial charge in [-0.2, -0.15) is 0 Å². The summed E-state index contributed by atoms with van der Waals surface area (Å²) in [6.07, 6.45) is 1.77. The maximum atomic E-state index is 10.7. The molecule has 2 aromatic carbocycles. The summed E-state index contributed by atoms with van der Waals surface area (Å²) in [6.45, 7) is 2.06. The molecule has 3 N–H and O–H groups in total. The van der Waals surface area contributed by atoms with Gasteiger partial charge in [0.05, 0.1) is 24.1 Å². The van der Waals surface area contributed by atoms with Gasteiger partial charge in [0.15, 0.2) is 6.61 Å². The summed E-state index contributed by atoms with van der Waals surface area (Å²) < 4.78 is 6.88. The molecule has 0 radical (unpaired) electrons. The molecule has 4 aromatic rings. The van der Waals surface area contributed by atoms with E-state index in [1.165, 1.54) is 0 Å². The van der Waals surface area contributed by atoms with Gasteiger partial charge in [0.2, 0.25) is 5.95 Å².